The molecule has 2 atom stereocenters. The maximum absolute atomic E-state index is 5.54. The second kappa shape index (κ2) is 12.0. The first kappa shape index (κ1) is 17.9. The molecule has 2 aliphatic heterocycles. The van der Waals surface area contributed by atoms with Gasteiger partial charge in [0.15, 0.2) is 0 Å². The van der Waals surface area contributed by atoms with Gasteiger partial charge in [-0.05, 0) is 43.9 Å². The van der Waals surface area contributed by atoms with Gasteiger partial charge in [0.25, 0.3) is 0 Å². The van der Waals surface area contributed by atoms with Crippen molar-refractivity contribution in [3.05, 3.63) is 0 Å². The zero-order valence-electron chi connectivity index (χ0n) is 13.2. The summed E-state index contributed by atoms with van der Waals surface area (Å²) in [5.41, 5.74) is 0. The number of hydrogen-bond donors (Lipinski definition) is 0. The van der Waals surface area contributed by atoms with Crippen molar-refractivity contribution in [3.8, 4) is 0 Å². The van der Waals surface area contributed by atoms with E-state index in [1.54, 1.807) is 0 Å². The molecule has 0 aromatic heterocycles. The summed E-state index contributed by atoms with van der Waals surface area (Å²) < 4.78 is 10.7. The van der Waals surface area contributed by atoms with E-state index in [1.165, 1.54) is 32.1 Å². The maximum atomic E-state index is 5.54. The third kappa shape index (κ3) is 8.93. The van der Waals surface area contributed by atoms with Crippen molar-refractivity contribution < 1.29 is 9.47 Å². The second-order valence-corrected chi connectivity index (χ2v) is 5.47. The molecule has 0 aromatic rings. The Kier molecular flexibility index (Phi) is 11.9. The molecule has 2 aliphatic rings. The largest absolute Gasteiger partial charge is 0.381 e. The average Bonchev–Trinajstić information content (AvgIpc) is 2.43. The highest BCUT2D eigenvalue weighted by atomic mass is 16.5. The number of ether oxygens (including phenoxy) is 2. The summed E-state index contributed by atoms with van der Waals surface area (Å²) in [5.74, 6) is 1.53. The standard InChI is InChI=1S/C8H16O.C6H12O.C2H6/c1-7(2)8-5-3-4-6-9-8;1-6-3-2-4-7-5-6;1-2/h7-8H,3-6H2,1-2H3;6H,2-5H2,1H3;1-2H3. The molecule has 2 heterocycles. The van der Waals surface area contributed by atoms with Crippen LogP contribution >= 0.6 is 0 Å². The van der Waals surface area contributed by atoms with Crippen LogP contribution in [-0.4, -0.2) is 25.9 Å². The highest BCUT2D eigenvalue weighted by molar-refractivity contribution is 4.66. The van der Waals surface area contributed by atoms with Crippen molar-refractivity contribution in [1.29, 1.82) is 0 Å². The summed E-state index contributed by atoms with van der Waals surface area (Å²) in [6, 6.07) is 0. The van der Waals surface area contributed by atoms with E-state index in [-0.39, 0.29) is 0 Å². The predicted molar refractivity (Wildman–Crippen MR) is 79.0 cm³/mol. The van der Waals surface area contributed by atoms with E-state index in [0.717, 1.165) is 25.7 Å². The first-order valence-electron chi connectivity index (χ1n) is 7.89. The van der Waals surface area contributed by atoms with Crippen LogP contribution in [0, 0.1) is 11.8 Å². The molecule has 0 saturated carbocycles. The van der Waals surface area contributed by atoms with Crippen molar-refractivity contribution in [1.82, 2.24) is 0 Å². The van der Waals surface area contributed by atoms with Crippen LogP contribution in [0.2, 0.25) is 0 Å². The Morgan fingerprint density at radius 2 is 1.67 bits per heavy atom. The predicted octanol–water partition coefficient (Wildman–Crippen LogP) is 4.67. The molecule has 0 amide bonds. The molecular formula is C16H34O2. The van der Waals surface area contributed by atoms with Crippen LogP contribution in [0.15, 0.2) is 0 Å². The summed E-state index contributed by atoms with van der Waals surface area (Å²) in [5, 5.41) is 0. The zero-order chi connectivity index (χ0) is 13.8. The van der Waals surface area contributed by atoms with Crippen LogP contribution < -0.4 is 0 Å². The fourth-order valence-corrected chi connectivity index (χ4v) is 2.19. The smallest absolute Gasteiger partial charge is 0.0598 e. The molecule has 18 heavy (non-hydrogen) atoms. The van der Waals surface area contributed by atoms with E-state index in [4.69, 9.17) is 9.47 Å². The van der Waals surface area contributed by atoms with Gasteiger partial charge in [0, 0.05) is 19.8 Å². The van der Waals surface area contributed by atoms with Crippen LogP contribution in [0.1, 0.15) is 66.7 Å². The van der Waals surface area contributed by atoms with Crippen molar-refractivity contribution in [3.63, 3.8) is 0 Å². The maximum Gasteiger partial charge on any atom is 0.0598 e. The van der Waals surface area contributed by atoms with Crippen LogP contribution in [-0.2, 0) is 9.47 Å². The van der Waals surface area contributed by atoms with E-state index in [2.05, 4.69) is 20.8 Å². The molecule has 2 saturated heterocycles. The lowest BCUT2D eigenvalue weighted by Gasteiger charge is -2.25. The summed E-state index contributed by atoms with van der Waals surface area (Å²) in [7, 11) is 0. The monoisotopic (exact) mass is 258 g/mol. The second-order valence-electron chi connectivity index (χ2n) is 5.47. The van der Waals surface area contributed by atoms with Gasteiger partial charge >= 0.3 is 0 Å². The lowest BCUT2D eigenvalue weighted by molar-refractivity contribution is -0.0115. The first-order chi connectivity index (χ1) is 8.70. The van der Waals surface area contributed by atoms with E-state index in [0.29, 0.717) is 12.0 Å². The first-order valence-corrected chi connectivity index (χ1v) is 7.89. The molecule has 0 bridgehead atoms. The van der Waals surface area contributed by atoms with E-state index >= 15 is 0 Å². The fraction of sp³-hybridized carbons (Fsp3) is 1.00. The number of hydrogen-bond acceptors (Lipinski definition) is 2. The molecule has 0 N–H and O–H groups in total. The Morgan fingerprint density at radius 3 is 1.94 bits per heavy atom. The minimum absolute atomic E-state index is 0.554. The molecule has 2 unspecified atom stereocenters. The van der Waals surface area contributed by atoms with E-state index in [1.807, 2.05) is 13.8 Å². The summed E-state index contributed by atoms with van der Waals surface area (Å²) in [6.45, 7) is 13.7. The van der Waals surface area contributed by atoms with Crippen molar-refractivity contribution >= 4 is 0 Å². The lowest BCUT2D eigenvalue weighted by atomic mass is 9.99. The van der Waals surface area contributed by atoms with Gasteiger partial charge < -0.3 is 9.47 Å². The van der Waals surface area contributed by atoms with Gasteiger partial charge in [0.2, 0.25) is 0 Å². The Bertz CT molecular complexity index is 156. The highest BCUT2D eigenvalue weighted by Gasteiger charge is 2.16. The summed E-state index contributed by atoms with van der Waals surface area (Å²) in [4.78, 5) is 0. The molecule has 0 spiro atoms. The minimum Gasteiger partial charge on any atom is -0.381 e. The molecule has 2 heteroatoms. The molecule has 0 aromatic carbocycles. The Balaban J connectivity index is 0.000000289. The zero-order valence-corrected chi connectivity index (χ0v) is 13.2. The van der Waals surface area contributed by atoms with Gasteiger partial charge in [0.1, 0.15) is 0 Å². The van der Waals surface area contributed by atoms with Gasteiger partial charge in [-0.25, -0.2) is 0 Å². The van der Waals surface area contributed by atoms with E-state index in [9.17, 15) is 0 Å². The normalized spacial score (nSPS) is 27.7. The Morgan fingerprint density at radius 1 is 0.944 bits per heavy atom. The topological polar surface area (TPSA) is 18.5 Å². The van der Waals surface area contributed by atoms with Crippen molar-refractivity contribution in [2.24, 2.45) is 11.8 Å². The average molecular weight is 258 g/mol. The van der Waals surface area contributed by atoms with E-state index < -0.39 is 0 Å². The summed E-state index contributed by atoms with van der Waals surface area (Å²) >= 11 is 0. The molecule has 0 radical (unpaired) electrons. The van der Waals surface area contributed by atoms with Crippen molar-refractivity contribution in [2.75, 3.05) is 19.8 Å². The molecule has 2 fully saturated rings. The fourth-order valence-electron chi connectivity index (χ4n) is 2.19. The van der Waals surface area contributed by atoms with Gasteiger partial charge in [-0.2, -0.15) is 0 Å². The van der Waals surface area contributed by atoms with Crippen molar-refractivity contribution in [2.45, 2.75) is 72.8 Å². The third-order valence-corrected chi connectivity index (χ3v) is 3.35. The van der Waals surface area contributed by atoms with Gasteiger partial charge in [-0.15, -0.1) is 0 Å². The SMILES string of the molecule is CC.CC(C)C1CCCCO1.CC1CCCOC1. The molecule has 110 valence electrons. The molecule has 0 aliphatic carbocycles. The van der Waals surface area contributed by atoms with Crippen LogP contribution in [0.4, 0.5) is 0 Å². The van der Waals surface area contributed by atoms with Crippen LogP contribution in [0.3, 0.4) is 0 Å². The summed E-state index contributed by atoms with van der Waals surface area (Å²) in [6.07, 6.45) is 7.09. The van der Waals surface area contributed by atoms with Gasteiger partial charge in [-0.1, -0.05) is 34.6 Å². The minimum atomic E-state index is 0.554. The molecular weight excluding hydrogens is 224 g/mol. The van der Waals surface area contributed by atoms with Gasteiger partial charge in [0.05, 0.1) is 6.10 Å². The third-order valence-electron chi connectivity index (χ3n) is 3.35. The molecule has 2 nitrogen and oxygen atoms in total. The lowest BCUT2D eigenvalue weighted by Crippen LogP contribution is -2.24. The quantitative estimate of drug-likeness (QED) is 0.680. The number of rotatable bonds is 1. The highest BCUT2D eigenvalue weighted by Crippen LogP contribution is 2.18. The Labute approximate surface area is 114 Å². The molecule has 2 rings (SSSR count). The van der Waals surface area contributed by atoms with Gasteiger partial charge in [-0.3, -0.25) is 0 Å². The van der Waals surface area contributed by atoms with Crippen LogP contribution in [0.5, 0.6) is 0 Å². The van der Waals surface area contributed by atoms with Crippen LogP contribution in [0.25, 0.3) is 0 Å². The Hall–Kier alpha value is -0.0800.